The molecule has 3 N–H and O–H groups in total. The van der Waals surface area contributed by atoms with E-state index in [4.69, 9.17) is 0 Å². The van der Waals surface area contributed by atoms with Gasteiger partial charge in [0, 0.05) is 0 Å². The first-order valence-electron chi connectivity index (χ1n) is 13.9. The molecule has 0 amide bonds. The Morgan fingerprint density at radius 1 is 0.882 bits per heavy atom. The van der Waals surface area contributed by atoms with Crippen LogP contribution in [0.2, 0.25) is 0 Å². The fourth-order valence-electron chi connectivity index (χ4n) is 11.7. The number of allylic oxidation sites excluding steroid dienone is 1. The molecule has 4 heteroatoms. The summed E-state index contributed by atoms with van der Waals surface area (Å²) in [5, 5.41) is 33.2. The first kappa shape index (κ1) is 24.8. The molecule has 5 saturated carbocycles. The Hall–Kier alpha value is -0.870. The number of aliphatic carboxylic acids is 1. The van der Waals surface area contributed by atoms with Gasteiger partial charge in [-0.2, -0.15) is 0 Å². The average molecular weight is 473 g/mol. The van der Waals surface area contributed by atoms with Gasteiger partial charge in [-0.3, -0.25) is 4.79 Å². The van der Waals surface area contributed by atoms with Crippen molar-refractivity contribution in [3.8, 4) is 0 Å². The Morgan fingerprint density at radius 3 is 2.18 bits per heavy atom. The van der Waals surface area contributed by atoms with E-state index >= 15 is 0 Å². The van der Waals surface area contributed by atoms with Crippen molar-refractivity contribution in [1.29, 1.82) is 0 Å². The molecule has 0 bridgehead atoms. The zero-order valence-corrected chi connectivity index (χ0v) is 22.4. The van der Waals surface area contributed by atoms with Gasteiger partial charge in [-0.25, -0.2) is 0 Å². The predicted molar refractivity (Wildman–Crippen MR) is 134 cm³/mol. The van der Waals surface area contributed by atoms with E-state index < -0.39 is 17.5 Å². The van der Waals surface area contributed by atoms with Gasteiger partial charge in [-0.1, -0.05) is 46.8 Å². The predicted octanol–water partition coefficient (Wildman–Crippen LogP) is 6.06. The van der Waals surface area contributed by atoms with E-state index in [9.17, 15) is 20.1 Å². The van der Waals surface area contributed by atoms with Crippen LogP contribution in [0.25, 0.3) is 0 Å². The molecule has 11 atom stereocenters. The highest BCUT2D eigenvalue weighted by atomic mass is 16.4. The van der Waals surface area contributed by atoms with Crippen molar-refractivity contribution >= 4 is 5.97 Å². The lowest BCUT2D eigenvalue weighted by molar-refractivity contribution is -0.275. The van der Waals surface area contributed by atoms with Gasteiger partial charge in [-0.15, -0.1) is 0 Å². The van der Waals surface area contributed by atoms with Crippen molar-refractivity contribution in [3.05, 3.63) is 12.2 Å². The Balaban J connectivity index is 1.60. The lowest BCUT2D eigenvalue weighted by Gasteiger charge is -2.73. The molecular weight excluding hydrogens is 424 g/mol. The van der Waals surface area contributed by atoms with Gasteiger partial charge in [0.25, 0.3) is 0 Å². The summed E-state index contributed by atoms with van der Waals surface area (Å²) in [7, 11) is 0. The topological polar surface area (TPSA) is 77.8 Å². The molecule has 0 aromatic rings. The van der Waals surface area contributed by atoms with Crippen LogP contribution in [0, 0.1) is 56.7 Å². The lowest BCUT2D eigenvalue weighted by atomic mass is 9.32. The molecule has 192 valence electrons. The number of carbonyl (C=O) groups is 1. The van der Waals surface area contributed by atoms with E-state index in [2.05, 4.69) is 48.1 Å². The molecule has 0 aromatic heterocycles. The third kappa shape index (κ3) is 2.76. The highest BCUT2D eigenvalue weighted by Crippen LogP contribution is 2.77. The number of hydrogen-bond donors (Lipinski definition) is 3. The molecule has 0 unspecified atom stereocenters. The van der Waals surface area contributed by atoms with Gasteiger partial charge in [0.05, 0.1) is 17.6 Å². The van der Waals surface area contributed by atoms with Crippen molar-refractivity contribution in [1.82, 2.24) is 0 Å². The quantitative estimate of drug-likeness (QED) is 0.427. The molecule has 5 aliphatic rings. The standard InChI is InChI=1S/C30H48O4/c1-17(2)18-10-13-30(25(33)34)15-14-28(6)19(23(18)30)8-9-21-27(5)12-11-22(32)26(3,4)24(27)20(31)16-29(21,28)7/h18-24,31-32H,1,8-16H2,2-7H3,(H,33,34)/t18-,19+,20+,21+,22-,23+,24-,27+,28+,29+,30-/m0/s1. The molecule has 5 rings (SSSR count). The minimum absolute atomic E-state index is 0.00606. The van der Waals surface area contributed by atoms with E-state index in [1.54, 1.807) is 0 Å². The zero-order valence-electron chi connectivity index (χ0n) is 22.4. The van der Waals surface area contributed by atoms with Gasteiger partial charge < -0.3 is 15.3 Å². The number of aliphatic hydroxyl groups excluding tert-OH is 2. The van der Waals surface area contributed by atoms with Crippen molar-refractivity contribution in [3.63, 3.8) is 0 Å². The van der Waals surface area contributed by atoms with Crippen molar-refractivity contribution in [2.75, 3.05) is 0 Å². The van der Waals surface area contributed by atoms with Crippen LogP contribution in [-0.2, 0) is 4.79 Å². The van der Waals surface area contributed by atoms with Crippen molar-refractivity contribution in [2.45, 2.75) is 112 Å². The second-order valence-electron chi connectivity index (χ2n) is 14.7. The molecule has 0 aliphatic heterocycles. The van der Waals surface area contributed by atoms with Crippen LogP contribution < -0.4 is 0 Å². The fraction of sp³-hybridized carbons (Fsp3) is 0.900. The monoisotopic (exact) mass is 472 g/mol. The van der Waals surface area contributed by atoms with Gasteiger partial charge in [0.15, 0.2) is 0 Å². The summed E-state index contributed by atoms with van der Waals surface area (Å²) < 4.78 is 0. The first-order valence-corrected chi connectivity index (χ1v) is 13.9. The highest BCUT2D eigenvalue weighted by Gasteiger charge is 2.73. The van der Waals surface area contributed by atoms with Crippen LogP contribution in [0.3, 0.4) is 0 Å². The first-order chi connectivity index (χ1) is 15.7. The third-order valence-electron chi connectivity index (χ3n) is 13.4. The van der Waals surface area contributed by atoms with Crippen molar-refractivity contribution in [2.24, 2.45) is 56.7 Å². The number of carboxylic acids is 1. The average Bonchev–Trinajstić information content (AvgIpc) is 3.13. The second kappa shape index (κ2) is 7.34. The Bertz CT molecular complexity index is 894. The molecule has 0 radical (unpaired) electrons. The van der Waals surface area contributed by atoms with Gasteiger partial charge in [0.1, 0.15) is 0 Å². The Labute approximate surface area is 206 Å². The lowest BCUT2D eigenvalue weighted by Crippen LogP contribution is -2.70. The van der Waals surface area contributed by atoms with Gasteiger partial charge >= 0.3 is 5.97 Å². The van der Waals surface area contributed by atoms with E-state index in [0.29, 0.717) is 17.8 Å². The van der Waals surface area contributed by atoms with Crippen LogP contribution in [-0.4, -0.2) is 33.5 Å². The Kier molecular flexibility index (Phi) is 5.36. The molecule has 5 aliphatic carbocycles. The molecule has 0 spiro atoms. The summed E-state index contributed by atoms with van der Waals surface area (Å²) in [5.74, 6) is 0.807. The minimum Gasteiger partial charge on any atom is -0.481 e. The molecule has 4 nitrogen and oxygen atoms in total. The van der Waals surface area contributed by atoms with Crippen LogP contribution in [0.1, 0.15) is 99.3 Å². The number of hydrogen-bond acceptors (Lipinski definition) is 3. The molecule has 0 saturated heterocycles. The summed E-state index contributed by atoms with van der Waals surface area (Å²) in [6.45, 7) is 18.1. The van der Waals surface area contributed by atoms with E-state index in [0.717, 1.165) is 63.4 Å². The molecule has 0 aromatic carbocycles. The highest BCUT2D eigenvalue weighted by molar-refractivity contribution is 5.76. The maximum absolute atomic E-state index is 12.8. The zero-order chi connectivity index (χ0) is 25.1. The van der Waals surface area contributed by atoms with Gasteiger partial charge in [-0.05, 0) is 116 Å². The molecule has 34 heavy (non-hydrogen) atoms. The second-order valence-corrected chi connectivity index (χ2v) is 14.7. The SMILES string of the molecule is C=C(C)[C@@H]1CC[C@]2(C(=O)O)CC[C@]3(C)[C@H](CC[C@@H]4[C@@]5(C)CC[C@H](O)C(C)(C)[C@@H]5[C@H](O)C[C@]43C)[C@@H]12. The number of rotatable bonds is 2. The van der Waals surface area contributed by atoms with Crippen molar-refractivity contribution < 1.29 is 20.1 Å². The van der Waals surface area contributed by atoms with Crippen LogP contribution >= 0.6 is 0 Å². The maximum Gasteiger partial charge on any atom is 0.309 e. The van der Waals surface area contributed by atoms with Crippen LogP contribution in [0.5, 0.6) is 0 Å². The Morgan fingerprint density at radius 2 is 1.56 bits per heavy atom. The number of aliphatic hydroxyl groups is 2. The summed E-state index contributed by atoms with van der Waals surface area (Å²) in [6.07, 6.45) is 7.38. The number of carboxylic acid groups (broad SMARTS) is 1. The smallest absolute Gasteiger partial charge is 0.309 e. The van der Waals surface area contributed by atoms with Gasteiger partial charge in [0.2, 0.25) is 0 Å². The maximum atomic E-state index is 12.8. The number of fused-ring (bicyclic) bond motifs is 7. The summed E-state index contributed by atoms with van der Waals surface area (Å²) in [5.41, 5.74) is 0.219. The molecule has 5 fully saturated rings. The normalized spacial score (nSPS) is 55.9. The summed E-state index contributed by atoms with van der Waals surface area (Å²) in [6, 6.07) is 0. The van der Waals surface area contributed by atoms with E-state index in [-0.39, 0.29) is 39.6 Å². The third-order valence-corrected chi connectivity index (χ3v) is 13.4. The van der Waals surface area contributed by atoms with E-state index in [1.165, 1.54) is 0 Å². The van der Waals surface area contributed by atoms with Crippen LogP contribution in [0.15, 0.2) is 12.2 Å². The molecule has 0 heterocycles. The minimum atomic E-state index is -0.604. The van der Waals surface area contributed by atoms with E-state index in [1.807, 2.05) is 0 Å². The van der Waals surface area contributed by atoms with Crippen LogP contribution in [0.4, 0.5) is 0 Å². The largest absolute Gasteiger partial charge is 0.481 e. The molecular formula is C30H48O4. The fourth-order valence-corrected chi connectivity index (χ4v) is 11.7. The summed E-state index contributed by atoms with van der Waals surface area (Å²) >= 11 is 0. The summed E-state index contributed by atoms with van der Waals surface area (Å²) in [4.78, 5) is 12.8.